The van der Waals surface area contributed by atoms with Crippen LogP contribution in [-0.2, 0) is 6.42 Å². The van der Waals surface area contributed by atoms with E-state index >= 15 is 0 Å². The van der Waals surface area contributed by atoms with E-state index in [9.17, 15) is 0 Å². The Balaban J connectivity index is 2.69. The SMILES string of the molecule is C/C=S1\CCc2c(Br)ccc(Cl)c21. The van der Waals surface area contributed by atoms with Gasteiger partial charge in [0.15, 0.2) is 0 Å². The zero-order valence-electron chi connectivity index (χ0n) is 7.31. The van der Waals surface area contributed by atoms with Gasteiger partial charge < -0.3 is 0 Å². The summed E-state index contributed by atoms with van der Waals surface area (Å²) < 4.78 is 1.21. The Hall–Kier alpha value is 0.210. The lowest BCUT2D eigenvalue weighted by molar-refractivity contribution is 1.13. The van der Waals surface area contributed by atoms with Crippen LogP contribution in [0.2, 0.25) is 5.02 Å². The molecular formula is C10H10BrClS. The Labute approximate surface area is 94.4 Å². The van der Waals surface area contributed by atoms with Gasteiger partial charge in [0.05, 0.1) is 5.02 Å². The summed E-state index contributed by atoms with van der Waals surface area (Å²) in [6, 6.07) is 4.03. The molecule has 0 fully saturated rings. The second-order valence-electron chi connectivity index (χ2n) is 2.96. The molecule has 0 radical (unpaired) electrons. The van der Waals surface area contributed by atoms with E-state index in [0.29, 0.717) is 0 Å². The van der Waals surface area contributed by atoms with Crippen LogP contribution in [0, 0.1) is 0 Å². The van der Waals surface area contributed by atoms with Crippen molar-refractivity contribution in [2.45, 2.75) is 18.2 Å². The van der Waals surface area contributed by atoms with Gasteiger partial charge in [0.1, 0.15) is 0 Å². The molecule has 1 heterocycles. The fourth-order valence-electron chi connectivity index (χ4n) is 1.64. The maximum atomic E-state index is 6.18. The lowest BCUT2D eigenvalue weighted by Crippen LogP contribution is -1.82. The molecule has 0 N–H and O–H groups in total. The van der Waals surface area contributed by atoms with Crippen LogP contribution in [0.3, 0.4) is 0 Å². The quantitative estimate of drug-likeness (QED) is 0.626. The molecule has 13 heavy (non-hydrogen) atoms. The van der Waals surface area contributed by atoms with E-state index in [4.69, 9.17) is 11.6 Å². The Morgan fingerprint density at radius 1 is 1.54 bits per heavy atom. The van der Waals surface area contributed by atoms with Crippen molar-refractivity contribution in [3.05, 3.63) is 27.2 Å². The fourth-order valence-corrected chi connectivity index (χ4v) is 4.72. The highest BCUT2D eigenvalue weighted by Gasteiger charge is 2.19. The first kappa shape index (κ1) is 9.75. The van der Waals surface area contributed by atoms with Crippen LogP contribution in [0.5, 0.6) is 0 Å². The van der Waals surface area contributed by atoms with Crippen molar-refractivity contribution in [2.24, 2.45) is 0 Å². The summed E-state index contributed by atoms with van der Waals surface area (Å²) in [7, 11) is 0.282. The first-order chi connectivity index (χ1) is 6.24. The first-order valence-corrected chi connectivity index (χ1v) is 6.83. The summed E-state index contributed by atoms with van der Waals surface area (Å²) in [5.41, 5.74) is 1.41. The van der Waals surface area contributed by atoms with Gasteiger partial charge >= 0.3 is 0 Å². The highest BCUT2D eigenvalue weighted by molar-refractivity contribution is 9.10. The minimum atomic E-state index is 0.282. The standard InChI is InChI=1S/C10H10BrClS/c1-2-13-6-5-7-8(11)3-4-9(12)10(7)13/h2-4H,5-6H2,1H3. The zero-order valence-corrected chi connectivity index (χ0v) is 10.5. The smallest absolute Gasteiger partial charge is 0.0540 e. The van der Waals surface area contributed by atoms with Gasteiger partial charge in [0, 0.05) is 9.37 Å². The van der Waals surface area contributed by atoms with Crippen molar-refractivity contribution in [3.8, 4) is 0 Å². The lowest BCUT2D eigenvalue weighted by atomic mass is 10.2. The molecule has 1 atom stereocenters. The molecular weight excluding hydrogens is 268 g/mol. The predicted octanol–water partition coefficient (Wildman–Crippen LogP) is 4.11. The molecule has 0 spiro atoms. The Morgan fingerprint density at radius 3 is 3.00 bits per heavy atom. The molecule has 3 heteroatoms. The summed E-state index contributed by atoms with van der Waals surface area (Å²) in [5, 5.41) is 3.20. The summed E-state index contributed by atoms with van der Waals surface area (Å²) >= 11 is 9.75. The number of fused-ring (bicyclic) bond motifs is 1. The molecule has 1 unspecified atom stereocenters. The van der Waals surface area contributed by atoms with Gasteiger partial charge in [-0.25, -0.2) is 0 Å². The van der Waals surface area contributed by atoms with Crippen LogP contribution in [0.25, 0.3) is 0 Å². The van der Waals surface area contributed by atoms with Gasteiger partial charge in [-0.1, -0.05) is 32.9 Å². The third-order valence-electron chi connectivity index (χ3n) is 2.27. The van der Waals surface area contributed by atoms with Crippen LogP contribution < -0.4 is 0 Å². The number of hydrogen-bond acceptors (Lipinski definition) is 0. The monoisotopic (exact) mass is 276 g/mol. The Bertz CT molecular complexity index is 385. The second-order valence-corrected chi connectivity index (χ2v) is 6.36. The van der Waals surface area contributed by atoms with E-state index in [1.165, 1.54) is 20.7 Å². The first-order valence-electron chi connectivity index (χ1n) is 4.20. The van der Waals surface area contributed by atoms with E-state index in [1.54, 1.807) is 0 Å². The van der Waals surface area contributed by atoms with Gasteiger partial charge in [-0.05, 0) is 36.8 Å². The minimum Gasteiger partial charge on any atom is -0.157 e. The van der Waals surface area contributed by atoms with Crippen molar-refractivity contribution in [1.82, 2.24) is 0 Å². The number of halogens is 2. The third kappa shape index (κ3) is 1.60. The van der Waals surface area contributed by atoms with E-state index in [-0.39, 0.29) is 10.5 Å². The van der Waals surface area contributed by atoms with Crippen molar-refractivity contribution in [1.29, 1.82) is 0 Å². The molecule has 0 aliphatic carbocycles. The van der Waals surface area contributed by atoms with Gasteiger partial charge in [0.2, 0.25) is 0 Å². The lowest BCUT2D eigenvalue weighted by Gasteiger charge is -2.05. The maximum absolute atomic E-state index is 6.18. The summed E-state index contributed by atoms with van der Waals surface area (Å²) in [4.78, 5) is 1.36. The maximum Gasteiger partial charge on any atom is 0.0540 e. The van der Waals surface area contributed by atoms with Gasteiger partial charge in [-0.15, -0.1) is 0 Å². The van der Waals surface area contributed by atoms with Crippen LogP contribution in [-0.4, -0.2) is 11.1 Å². The normalized spacial score (nSPS) is 20.7. The van der Waals surface area contributed by atoms with E-state index in [1.807, 2.05) is 12.1 Å². The van der Waals surface area contributed by atoms with Crippen LogP contribution in [0.1, 0.15) is 12.5 Å². The molecule has 1 aromatic rings. The molecule has 0 aromatic heterocycles. The molecule has 0 saturated carbocycles. The topological polar surface area (TPSA) is 0 Å². The Morgan fingerprint density at radius 2 is 2.31 bits per heavy atom. The molecule has 70 valence electrons. The van der Waals surface area contributed by atoms with Crippen molar-refractivity contribution in [2.75, 3.05) is 5.75 Å². The number of rotatable bonds is 0. The van der Waals surface area contributed by atoms with Gasteiger partial charge in [0.25, 0.3) is 0 Å². The van der Waals surface area contributed by atoms with Crippen LogP contribution in [0.15, 0.2) is 21.5 Å². The third-order valence-corrected chi connectivity index (χ3v) is 5.65. The highest BCUT2D eigenvalue weighted by Crippen LogP contribution is 2.44. The molecule has 1 aromatic carbocycles. The molecule has 0 nitrogen and oxygen atoms in total. The average molecular weight is 278 g/mol. The predicted molar refractivity (Wildman–Crippen MR) is 65.3 cm³/mol. The molecule has 2 rings (SSSR count). The Kier molecular flexibility index (Phi) is 2.82. The van der Waals surface area contributed by atoms with E-state index < -0.39 is 0 Å². The minimum absolute atomic E-state index is 0.282. The average Bonchev–Trinajstić information content (AvgIpc) is 2.56. The molecule has 0 saturated heterocycles. The number of hydrogen-bond donors (Lipinski definition) is 0. The largest absolute Gasteiger partial charge is 0.157 e. The summed E-state index contributed by atoms with van der Waals surface area (Å²) in [5.74, 6) is 1.23. The van der Waals surface area contributed by atoms with Crippen LogP contribution in [0.4, 0.5) is 0 Å². The van der Waals surface area contributed by atoms with Crippen molar-refractivity contribution in [3.63, 3.8) is 0 Å². The van der Waals surface area contributed by atoms with E-state index in [0.717, 1.165) is 11.4 Å². The summed E-state index contributed by atoms with van der Waals surface area (Å²) in [6.45, 7) is 2.12. The van der Waals surface area contributed by atoms with Crippen molar-refractivity contribution >= 4 is 43.4 Å². The molecule has 0 amide bonds. The van der Waals surface area contributed by atoms with Crippen molar-refractivity contribution < 1.29 is 0 Å². The van der Waals surface area contributed by atoms with Gasteiger partial charge in [-0.2, -0.15) is 10.5 Å². The van der Waals surface area contributed by atoms with E-state index in [2.05, 4.69) is 28.2 Å². The fraction of sp³-hybridized carbons (Fsp3) is 0.300. The molecule has 0 bridgehead atoms. The molecule has 1 aliphatic rings. The van der Waals surface area contributed by atoms with Crippen LogP contribution >= 0.6 is 38.0 Å². The molecule has 1 aliphatic heterocycles. The second kappa shape index (κ2) is 3.76. The highest BCUT2D eigenvalue weighted by atomic mass is 79.9. The van der Waals surface area contributed by atoms with Gasteiger partial charge in [-0.3, -0.25) is 0 Å². The zero-order chi connectivity index (χ0) is 9.42. The summed E-state index contributed by atoms with van der Waals surface area (Å²) in [6.07, 6.45) is 1.16. The number of benzene rings is 1.